The molecule has 3 heterocycles. The zero-order chi connectivity index (χ0) is 18.8. The van der Waals surface area contributed by atoms with Crippen LogP contribution in [0.4, 0.5) is 0 Å². The second-order valence-corrected chi connectivity index (χ2v) is 7.25. The molecule has 136 valence electrons. The molecule has 0 saturated heterocycles. The van der Waals surface area contributed by atoms with Crippen molar-refractivity contribution in [3.8, 4) is 10.8 Å². The predicted octanol–water partition coefficient (Wildman–Crippen LogP) is 3.11. The van der Waals surface area contributed by atoms with Gasteiger partial charge in [-0.2, -0.15) is 0 Å². The molecular weight excluding hydrogens is 388 g/mol. The van der Waals surface area contributed by atoms with Gasteiger partial charge in [0, 0.05) is 0 Å². The number of H-pyrrole nitrogens is 1. The molecule has 0 radical (unpaired) electrons. The molecule has 10 heteroatoms. The third-order valence-corrected chi connectivity index (χ3v) is 5.34. The first-order chi connectivity index (χ1) is 13.1. The molecule has 0 aliphatic heterocycles. The fraction of sp³-hybridized carbons (Fsp3) is 0.118. The van der Waals surface area contributed by atoms with Crippen LogP contribution in [0.5, 0.6) is 0 Å². The van der Waals surface area contributed by atoms with E-state index < -0.39 is 5.97 Å². The van der Waals surface area contributed by atoms with Crippen LogP contribution in [0.3, 0.4) is 0 Å². The molecule has 0 aliphatic rings. The Balaban J connectivity index is 1.56. The highest BCUT2D eigenvalue weighted by Gasteiger charge is 2.13. The highest BCUT2D eigenvalue weighted by atomic mass is 32.2. The SMILES string of the molecule is COC(=O)c1ccc2c(=O)[nH]c(CSc3nnc(-c4cccs4)o3)nc2c1. The van der Waals surface area contributed by atoms with Crippen molar-refractivity contribution in [3.05, 3.63) is 57.5 Å². The maximum absolute atomic E-state index is 12.3. The number of carbonyl (C=O) groups is 1. The van der Waals surface area contributed by atoms with Gasteiger partial charge in [-0.1, -0.05) is 17.8 Å². The van der Waals surface area contributed by atoms with Crippen LogP contribution in [0.2, 0.25) is 0 Å². The molecule has 0 saturated carbocycles. The van der Waals surface area contributed by atoms with Gasteiger partial charge in [0.2, 0.25) is 0 Å². The molecule has 0 spiro atoms. The number of thiophene rings is 1. The smallest absolute Gasteiger partial charge is 0.337 e. The van der Waals surface area contributed by atoms with Gasteiger partial charge in [0.15, 0.2) is 0 Å². The number of benzene rings is 1. The Morgan fingerprint density at radius 3 is 3.00 bits per heavy atom. The summed E-state index contributed by atoms with van der Waals surface area (Å²) in [6, 6.07) is 8.42. The summed E-state index contributed by atoms with van der Waals surface area (Å²) in [6.07, 6.45) is 0. The summed E-state index contributed by atoms with van der Waals surface area (Å²) in [5.41, 5.74) is 0.470. The summed E-state index contributed by atoms with van der Waals surface area (Å²) in [4.78, 5) is 32.0. The monoisotopic (exact) mass is 400 g/mol. The van der Waals surface area contributed by atoms with Gasteiger partial charge in [-0.15, -0.1) is 21.5 Å². The first-order valence-corrected chi connectivity index (χ1v) is 9.62. The molecule has 0 bridgehead atoms. The highest BCUT2D eigenvalue weighted by Crippen LogP contribution is 2.27. The molecule has 0 atom stereocenters. The third kappa shape index (κ3) is 3.62. The number of fused-ring (bicyclic) bond motifs is 1. The number of hydrogen-bond donors (Lipinski definition) is 1. The fourth-order valence-electron chi connectivity index (χ4n) is 2.40. The maximum atomic E-state index is 12.3. The number of rotatable bonds is 5. The second-order valence-electron chi connectivity index (χ2n) is 5.38. The van der Waals surface area contributed by atoms with Crippen molar-refractivity contribution in [2.24, 2.45) is 0 Å². The van der Waals surface area contributed by atoms with E-state index in [1.54, 1.807) is 6.07 Å². The van der Waals surface area contributed by atoms with Gasteiger partial charge in [-0.05, 0) is 29.6 Å². The lowest BCUT2D eigenvalue weighted by molar-refractivity contribution is 0.0601. The van der Waals surface area contributed by atoms with Gasteiger partial charge >= 0.3 is 5.97 Å². The number of aromatic amines is 1. The number of ether oxygens (including phenoxy) is 1. The van der Waals surface area contributed by atoms with Crippen LogP contribution in [0.15, 0.2) is 50.1 Å². The lowest BCUT2D eigenvalue weighted by atomic mass is 10.1. The predicted molar refractivity (Wildman–Crippen MR) is 101 cm³/mol. The normalized spacial score (nSPS) is 11.0. The van der Waals surface area contributed by atoms with Crippen molar-refractivity contribution >= 4 is 40.0 Å². The van der Waals surface area contributed by atoms with Crippen molar-refractivity contribution < 1.29 is 13.9 Å². The van der Waals surface area contributed by atoms with Crippen molar-refractivity contribution in [2.75, 3.05) is 7.11 Å². The average molecular weight is 400 g/mol. The minimum absolute atomic E-state index is 0.281. The van der Waals surface area contributed by atoms with Gasteiger partial charge < -0.3 is 14.1 Å². The maximum Gasteiger partial charge on any atom is 0.337 e. The van der Waals surface area contributed by atoms with Gasteiger partial charge in [-0.25, -0.2) is 9.78 Å². The Morgan fingerprint density at radius 1 is 1.33 bits per heavy atom. The number of nitrogens with one attached hydrogen (secondary N) is 1. The van der Waals surface area contributed by atoms with Crippen LogP contribution in [-0.4, -0.2) is 33.2 Å². The number of nitrogens with zero attached hydrogens (tertiary/aromatic N) is 3. The molecule has 0 unspecified atom stereocenters. The lowest BCUT2D eigenvalue weighted by Crippen LogP contribution is -2.12. The van der Waals surface area contributed by atoms with Gasteiger partial charge in [0.25, 0.3) is 16.7 Å². The van der Waals surface area contributed by atoms with E-state index in [2.05, 4.69) is 20.2 Å². The summed E-state index contributed by atoms with van der Waals surface area (Å²) < 4.78 is 10.3. The molecule has 27 heavy (non-hydrogen) atoms. The quantitative estimate of drug-likeness (QED) is 0.402. The first-order valence-electron chi connectivity index (χ1n) is 7.75. The standard InChI is InChI=1S/C17H12N4O4S2/c1-24-16(23)9-4-5-10-11(7-9)18-13(19-14(10)22)8-27-17-21-20-15(25-17)12-3-2-6-26-12/h2-7H,8H2,1H3,(H,18,19,22). The fourth-order valence-corrected chi connectivity index (χ4v) is 3.68. The first kappa shape index (κ1) is 17.4. The van der Waals surface area contributed by atoms with E-state index in [1.807, 2.05) is 17.5 Å². The van der Waals surface area contributed by atoms with Crippen LogP contribution in [0.25, 0.3) is 21.7 Å². The second kappa shape index (κ2) is 7.33. The Morgan fingerprint density at radius 2 is 2.22 bits per heavy atom. The van der Waals surface area contributed by atoms with E-state index in [-0.39, 0.29) is 5.56 Å². The summed E-state index contributed by atoms with van der Waals surface area (Å²) in [7, 11) is 1.30. The molecule has 4 aromatic rings. The number of carbonyl (C=O) groups excluding carboxylic acids is 1. The number of methoxy groups -OCH3 is 1. The van der Waals surface area contributed by atoms with Crippen molar-refractivity contribution in [1.82, 2.24) is 20.2 Å². The summed E-state index contributed by atoms with van der Waals surface area (Å²) in [5.74, 6) is 0.743. The molecule has 0 fully saturated rings. The molecule has 8 nitrogen and oxygen atoms in total. The van der Waals surface area contributed by atoms with Gasteiger partial charge in [0.05, 0.1) is 34.2 Å². The van der Waals surface area contributed by atoms with E-state index >= 15 is 0 Å². The van der Waals surface area contributed by atoms with Crippen LogP contribution >= 0.6 is 23.1 Å². The zero-order valence-corrected chi connectivity index (χ0v) is 15.6. The van der Waals surface area contributed by atoms with Crippen LogP contribution in [0.1, 0.15) is 16.2 Å². The zero-order valence-electron chi connectivity index (χ0n) is 14.0. The van der Waals surface area contributed by atoms with Crippen molar-refractivity contribution in [1.29, 1.82) is 0 Å². The Bertz CT molecular complexity index is 1170. The van der Waals surface area contributed by atoms with E-state index in [4.69, 9.17) is 9.15 Å². The van der Waals surface area contributed by atoms with E-state index in [9.17, 15) is 9.59 Å². The van der Waals surface area contributed by atoms with Crippen molar-refractivity contribution in [3.63, 3.8) is 0 Å². The molecular formula is C17H12N4O4S2. The van der Waals surface area contributed by atoms with Crippen LogP contribution in [0, 0.1) is 0 Å². The van der Waals surface area contributed by atoms with Crippen LogP contribution in [-0.2, 0) is 10.5 Å². The summed E-state index contributed by atoms with van der Waals surface area (Å²) in [5, 5.41) is 10.7. The topological polar surface area (TPSA) is 111 Å². The minimum atomic E-state index is -0.484. The lowest BCUT2D eigenvalue weighted by Gasteiger charge is -2.03. The number of thioether (sulfide) groups is 1. The Labute approximate surface area is 160 Å². The minimum Gasteiger partial charge on any atom is -0.465 e. The summed E-state index contributed by atoms with van der Waals surface area (Å²) >= 11 is 2.77. The van der Waals surface area contributed by atoms with Crippen LogP contribution < -0.4 is 5.56 Å². The number of esters is 1. The summed E-state index contributed by atoms with van der Waals surface area (Å²) in [6.45, 7) is 0. The number of hydrogen-bond acceptors (Lipinski definition) is 9. The van der Waals surface area contributed by atoms with Gasteiger partial charge in [-0.3, -0.25) is 4.79 Å². The van der Waals surface area contributed by atoms with Gasteiger partial charge in [0.1, 0.15) is 5.82 Å². The van der Waals surface area contributed by atoms with E-state index in [0.29, 0.717) is 39.2 Å². The van der Waals surface area contributed by atoms with E-state index in [1.165, 1.54) is 42.3 Å². The molecule has 0 amide bonds. The molecule has 0 aliphatic carbocycles. The highest BCUT2D eigenvalue weighted by molar-refractivity contribution is 7.98. The van der Waals surface area contributed by atoms with Crippen molar-refractivity contribution in [2.45, 2.75) is 11.0 Å². The number of aromatic nitrogens is 4. The molecule has 1 aromatic carbocycles. The third-order valence-electron chi connectivity index (χ3n) is 3.65. The molecule has 1 N–H and O–H groups in total. The molecule has 3 aromatic heterocycles. The largest absolute Gasteiger partial charge is 0.465 e. The van der Waals surface area contributed by atoms with E-state index in [0.717, 1.165) is 4.88 Å². The Hall–Kier alpha value is -2.98. The molecule has 4 rings (SSSR count). The Kier molecular flexibility index (Phi) is 4.73. The average Bonchev–Trinajstić information content (AvgIpc) is 3.36.